The number of methoxy groups -OCH3 is 1. The summed E-state index contributed by atoms with van der Waals surface area (Å²) in [6.45, 7) is 8.43. The highest BCUT2D eigenvalue weighted by molar-refractivity contribution is 5.52. The number of piperidine rings is 1. The second kappa shape index (κ2) is 8.93. The maximum atomic E-state index is 13.2. The molecule has 1 aromatic carbocycles. The molecule has 0 radical (unpaired) electrons. The first-order valence-corrected chi connectivity index (χ1v) is 9.84. The van der Waals surface area contributed by atoms with Crippen LogP contribution in [0.1, 0.15) is 45.4 Å². The number of ether oxygens (including phenoxy) is 1. The van der Waals surface area contributed by atoms with Gasteiger partial charge < -0.3 is 14.2 Å². The molecule has 148 valence electrons. The molecular weight excluding hydrogens is 345 g/mol. The molecule has 27 heavy (non-hydrogen) atoms. The number of hydrogen-bond acceptors (Lipinski definition) is 5. The quantitative estimate of drug-likeness (QED) is 0.689. The van der Waals surface area contributed by atoms with Gasteiger partial charge in [-0.15, -0.1) is 0 Å². The van der Waals surface area contributed by atoms with Crippen LogP contribution in [0.3, 0.4) is 0 Å². The lowest BCUT2D eigenvalue weighted by atomic mass is 9.75. The molecule has 5 nitrogen and oxygen atoms in total. The van der Waals surface area contributed by atoms with E-state index in [9.17, 15) is 4.39 Å². The highest BCUT2D eigenvalue weighted by atomic mass is 19.1. The molecule has 0 unspecified atom stereocenters. The maximum Gasteiger partial charge on any atom is 0.257 e. The zero-order valence-corrected chi connectivity index (χ0v) is 16.6. The first-order chi connectivity index (χ1) is 13.0. The van der Waals surface area contributed by atoms with E-state index in [1.165, 1.54) is 18.6 Å². The summed E-state index contributed by atoms with van der Waals surface area (Å²) in [4.78, 5) is 7.22. The van der Waals surface area contributed by atoms with Crippen LogP contribution in [0.5, 0.6) is 0 Å². The number of aromatic nitrogens is 2. The van der Waals surface area contributed by atoms with E-state index in [2.05, 4.69) is 28.9 Å². The van der Waals surface area contributed by atoms with Gasteiger partial charge in [-0.2, -0.15) is 4.98 Å². The lowest BCUT2D eigenvalue weighted by Gasteiger charge is -2.40. The van der Waals surface area contributed by atoms with Gasteiger partial charge in [0.2, 0.25) is 0 Å². The summed E-state index contributed by atoms with van der Waals surface area (Å²) in [6, 6.07) is 6.16. The second-order valence-electron chi connectivity index (χ2n) is 7.98. The fraction of sp³-hybridized carbons (Fsp3) is 0.619. The molecule has 0 N–H and O–H groups in total. The van der Waals surface area contributed by atoms with Crippen LogP contribution in [-0.4, -0.2) is 48.4 Å². The standard InChI is InChI=1S/C21H30FN3O2/c1-16(2)8-12-25-13-9-21(10-14-25,11-15-26-3)20-23-19(27-24-20)17-4-6-18(22)7-5-17/h4-7,16H,8-15H2,1-3H3. The van der Waals surface area contributed by atoms with Gasteiger partial charge in [-0.25, -0.2) is 4.39 Å². The molecule has 1 aromatic heterocycles. The Kier molecular flexibility index (Phi) is 6.60. The van der Waals surface area contributed by atoms with Crippen LogP contribution in [0.2, 0.25) is 0 Å². The van der Waals surface area contributed by atoms with Gasteiger partial charge in [0.25, 0.3) is 5.89 Å². The van der Waals surface area contributed by atoms with Gasteiger partial charge in [0.15, 0.2) is 5.82 Å². The van der Waals surface area contributed by atoms with Gasteiger partial charge in [-0.3, -0.25) is 0 Å². The molecule has 2 heterocycles. The van der Waals surface area contributed by atoms with Crippen molar-refractivity contribution in [1.29, 1.82) is 0 Å². The fourth-order valence-electron chi connectivity index (χ4n) is 3.68. The molecule has 6 heteroatoms. The molecule has 1 fully saturated rings. The average molecular weight is 375 g/mol. The Labute approximate surface area is 160 Å². The van der Waals surface area contributed by atoms with Gasteiger partial charge in [0.1, 0.15) is 5.82 Å². The Bertz CT molecular complexity index is 706. The molecule has 0 spiro atoms. The lowest BCUT2D eigenvalue weighted by molar-refractivity contribution is 0.104. The first kappa shape index (κ1) is 20.0. The van der Waals surface area contributed by atoms with E-state index in [-0.39, 0.29) is 11.2 Å². The van der Waals surface area contributed by atoms with E-state index in [0.29, 0.717) is 12.5 Å². The van der Waals surface area contributed by atoms with Crippen molar-refractivity contribution < 1.29 is 13.7 Å². The molecule has 0 bridgehead atoms. The lowest BCUT2D eigenvalue weighted by Crippen LogP contribution is -2.44. The zero-order valence-electron chi connectivity index (χ0n) is 16.6. The number of hydrogen-bond donors (Lipinski definition) is 0. The van der Waals surface area contributed by atoms with E-state index in [4.69, 9.17) is 9.26 Å². The molecule has 2 aromatic rings. The second-order valence-corrected chi connectivity index (χ2v) is 7.98. The molecule has 0 atom stereocenters. The molecule has 1 saturated heterocycles. The Morgan fingerprint density at radius 3 is 2.56 bits per heavy atom. The van der Waals surface area contributed by atoms with Gasteiger partial charge in [0.05, 0.1) is 0 Å². The highest BCUT2D eigenvalue weighted by Crippen LogP contribution is 2.38. The number of rotatable bonds is 8. The van der Waals surface area contributed by atoms with Crippen molar-refractivity contribution in [2.24, 2.45) is 5.92 Å². The van der Waals surface area contributed by atoms with Crippen LogP contribution in [0.4, 0.5) is 4.39 Å². The summed E-state index contributed by atoms with van der Waals surface area (Å²) in [5.41, 5.74) is 0.623. The van der Waals surface area contributed by atoms with Crippen molar-refractivity contribution in [3.05, 3.63) is 35.9 Å². The largest absolute Gasteiger partial charge is 0.385 e. The first-order valence-electron chi connectivity index (χ1n) is 9.84. The van der Waals surface area contributed by atoms with E-state index in [1.54, 1.807) is 19.2 Å². The van der Waals surface area contributed by atoms with Crippen LogP contribution in [0.15, 0.2) is 28.8 Å². The SMILES string of the molecule is COCCC1(c2noc(-c3ccc(F)cc3)n2)CCN(CCC(C)C)CC1. The molecule has 1 aliphatic rings. The summed E-state index contributed by atoms with van der Waals surface area (Å²) >= 11 is 0. The minimum atomic E-state index is -0.274. The van der Waals surface area contributed by atoms with Crippen molar-refractivity contribution in [2.45, 2.75) is 44.9 Å². The van der Waals surface area contributed by atoms with Crippen molar-refractivity contribution in [2.75, 3.05) is 33.4 Å². The molecule has 0 aliphatic carbocycles. The molecule has 3 rings (SSSR count). The van der Waals surface area contributed by atoms with E-state index in [1.807, 2.05) is 0 Å². The summed E-state index contributed by atoms with van der Waals surface area (Å²) in [5, 5.41) is 4.31. The molecule has 0 amide bonds. The third kappa shape index (κ3) is 4.93. The van der Waals surface area contributed by atoms with Crippen LogP contribution in [-0.2, 0) is 10.2 Å². The predicted octanol–water partition coefficient (Wildman–Crippen LogP) is 4.29. The number of nitrogens with zero attached hydrogens (tertiary/aromatic N) is 3. The predicted molar refractivity (Wildman–Crippen MR) is 103 cm³/mol. The normalized spacial score (nSPS) is 17.5. The average Bonchev–Trinajstić information content (AvgIpc) is 3.17. The Morgan fingerprint density at radius 1 is 1.22 bits per heavy atom. The van der Waals surface area contributed by atoms with Crippen molar-refractivity contribution in [1.82, 2.24) is 15.0 Å². The summed E-state index contributed by atoms with van der Waals surface area (Å²) < 4.78 is 24.0. The summed E-state index contributed by atoms with van der Waals surface area (Å²) in [7, 11) is 1.73. The van der Waals surface area contributed by atoms with E-state index >= 15 is 0 Å². The van der Waals surface area contributed by atoms with E-state index < -0.39 is 0 Å². The topological polar surface area (TPSA) is 51.4 Å². The fourth-order valence-corrected chi connectivity index (χ4v) is 3.68. The van der Waals surface area contributed by atoms with Crippen molar-refractivity contribution in [3.63, 3.8) is 0 Å². The van der Waals surface area contributed by atoms with Gasteiger partial charge in [-0.05, 0) is 75.5 Å². The Hall–Kier alpha value is -1.79. The van der Waals surface area contributed by atoms with Crippen LogP contribution in [0, 0.1) is 11.7 Å². The Morgan fingerprint density at radius 2 is 1.93 bits per heavy atom. The number of halogens is 1. The van der Waals surface area contributed by atoms with Gasteiger partial charge in [0, 0.05) is 24.7 Å². The maximum absolute atomic E-state index is 13.2. The number of likely N-dealkylation sites (tertiary alicyclic amines) is 1. The minimum Gasteiger partial charge on any atom is -0.385 e. The van der Waals surface area contributed by atoms with Crippen molar-refractivity contribution >= 4 is 0 Å². The third-order valence-corrected chi connectivity index (χ3v) is 5.61. The van der Waals surface area contributed by atoms with Gasteiger partial charge in [-0.1, -0.05) is 19.0 Å². The third-order valence-electron chi connectivity index (χ3n) is 5.61. The summed E-state index contributed by atoms with van der Waals surface area (Å²) in [5.74, 6) is 1.65. The van der Waals surface area contributed by atoms with E-state index in [0.717, 1.165) is 56.2 Å². The van der Waals surface area contributed by atoms with Crippen LogP contribution in [0.25, 0.3) is 11.5 Å². The monoisotopic (exact) mass is 375 g/mol. The molecular formula is C21H30FN3O2. The van der Waals surface area contributed by atoms with Crippen molar-refractivity contribution in [3.8, 4) is 11.5 Å². The summed E-state index contributed by atoms with van der Waals surface area (Å²) in [6.07, 6.45) is 4.10. The Balaban J connectivity index is 1.74. The number of benzene rings is 1. The minimum absolute atomic E-state index is 0.119. The van der Waals surface area contributed by atoms with Crippen LogP contribution >= 0.6 is 0 Å². The highest BCUT2D eigenvalue weighted by Gasteiger charge is 2.40. The smallest absolute Gasteiger partial charge is 0.257 e. The molecule has 1 aliphatic heterocycles. The van der Waals surface area contributed by atoms with Gasteiger partial charge >= 0.3 is 0 Å². The zero-order chi connectivity index (χ0) is 19.3. The molecule has 0 saturated carbocycles. The van der Waals surface area contributed by atoms with Crippen LogP contribution < -0.4 is 0 Å².